The first-order chi connectivity index (χ1) is 8.24. The van der Waals surface area contributed by atoms with Gasteiger partial charge in [-0.15, -0.1) is 0 Å². The van der Waals surface area contributed by atoms with E-state index in [9.17, 15) is 4.79 Å². The standard InChI is InChI=1S/C16H24O/c1-3-4-5-6-7-8-9-15-10-12-16(13-11-15)14(2)17/h10-13H,3-9H2,1-2H3. The predicted molar refractivity (Wildman–Crippen MR) is 73.5 cm³/mol. The molecule has 0 aliphatic carbocycles. The second kappa shape index (κ2) is 8.05. The van der Waals surface area contributed by atoms with Crippen molar-refractivity contribution in [3.8, 4) is 0 Å². The number of carbonyl (C=O) groups is 1. The fraction of sp³-hybridized carbons (Fsp3) is 0.562. The lowest BCUT2D eigenvalue weighted by Gasteiger charge is -2.03. The van der Waals surface area contributed by atoms with E-state index in [0.29, 0.717) is 0 Å². The quantitative estimate of drug-likeness (QED) is 0.465. The number of aryl methyl sites for hydroxylation is 1. The zero-order valence-corrected chi connectivity index (χ0v) is 11.2. The molecule has 0 fully saturated rings. The molecule has 0 saturated heterocycles. The largest absolute Gasteiger partial charge is 0.295 e. The van der Waals surface area contributed by atoms with Gasteiger partial charge in [0.2, 0.25) is 0 Å². The summed E-state index contributed by atoms with van der Waals surface area (Å²) in [6.45, 7) is 3.86. The summed E-state index contributed by atoms with van der Waals surface area (Å²) in [4.78, 5) is 11.1. The Kier molecular flexibility index (Phi) is 6.61. The third-order valence-corrected chi connectivity index (χ3v) is 3.18. The molecule has 1 rings (SSSR count). The Morgan fingerprint density at radius 2 is 1.53 bits per heavy atom. The van der Waals surface area contributed by atoms with Gasteiger partial charge in [0.1, 0.15) is 0 Å². The van der Waals surface area contributed by atoms with Crippen LogP contribution in [0.3, 0.4) is 0 Å². The third-order valence-electron chi connectivity index (χ3n) is 3.18. The average Bonchev–Trinajstić information content (AvgIpc) is 2.34. The molecule has 0 atom stereocenters. The summed E-state index contributed by atoms with van der Waals surface area (Å²) < 4.78 is 0. The summed E-state index contributed by atoms with van der Waals surface area (Å²) in [7, 11) is 0. The van der Waals surface area contributed by atoms with Crippen LogP contribution in [-0.4, -0.2) is 5.78 Å². The van der Waals surface area contributed by atoms with Gasteiger partial charge in [0.15, 0.2) is 5.78 Å². The number of rotatable bonds is 8. The van der Waals surface area contributed by atoms with Crippen molar-refractivity contribution in [1.29, 1.82) is 0 Å². The molecule has 1 nitrogen and oxygen atoms in total. The maximum absolute atomic E-state index is 11.1. The smallest absolute Gasteiger partial charge is 0.159 e. The third kappa shape index (κ3) is 5.67. The van der Waals surface area contributed by atoms with Crippen LogP contribution >= 0.6 is 0 Å². The van der Waals surface area contributed by atoms with Crippen LogP contribution in [0.1, 0.15) is 68.3 Å². The molecule has 0 aliphatic heterocycles. The van der Waals surface area contributed by atoms with Crippen LogP contribution in [0.15, 0.2) is 24.3 Å². The predicted octanol–water partition coefficient (Wildman–Crippen LogP) is 4.79. The molecule has 0 N–H and O–H groups in total. The zero-order valence-electron chi connectivity index (χ0n) is 11.2. The second-order valence-electron chi connectivity index (χ2n) is 4.77. The minimum atomic E-state index is 0.149. The molecular weight excluding hydrogens is 208 g/mol. The van der Waals surface area contributed by atoms with E-state index in [0.717, 1.165) is 12.0 Å². The van der Waals surface area contributed by atoms with E-state index in [1.54, 1.807) is 6.92 Å². The van der Waals surface area contributed by atoms with Gasteiger partial charge in [0, 0.05) is 5.56 Å². The molecule has 0 saturated carbocycles. The minimum absolute atomic E-state index is 0.149. The van der Waals surface area contributed by atoms with E-state index in [4.69, 9.17) is 0 Å². The van der Waals surface area contributed by atoms with Gasteiger partial charge in [0.05, 0.1) is 0 Å². The molecule has 0 amide bonds. The molecule has 1 heteroatoms. The molecule has 0 spiro atoms. The molecule has 1 aromatic carbocycles. The lowest BCUT2D eigenvalue weighted by atomic mass is 10.0. The summed E-state index contributed by atoms with van der Waals surface area (Å²) in [5.74, 6) is 0.149. The number of ketones is 1. The van der Waals surface area contributed by atoms with Crippen LogP contribution in [0.25, 0.3) is 0 Å². The van der Waals surface area contributed by atoms with Crippen molar-refractivity contribution >= 4 is 5.78 Å². The Balaban J connectivity index is 2.21. The van der Waals surface area contributed by atoms with Gasteiger partial charge in [-0.3, -0.25) is 4.79 Å². The highest BCUT2D eigenvalue weighted by molar-refractivity contribution is 5.93. The van der Waals surface area contributed by atoms with E-state index in [2.05, 4.69) is 19.1 Å². The number of hydrogen-bond donors (Lipinski definition) is 0. The Morgan fingerprint density at radius 1 is 0.941 bits per heavy atom. The average molecular weight is 232 g/mol. The first kappa shape index (κ1) is 14.0. The van der Waals surface area contributed by atoms with Crippen molar-refractivity contribution in [3.63, 3.8) is 0 Å². The van der Waals surface area contributed by atoms with Gasteiger partial charge in [0.25, 0.3) is 0 Å². The Hall–Kier alpha value is -1.11. The van der Waals surface area contributed by atoms with Crippen LogP contribution in [0.4, 0.5) is 0 Å². The van der Waals surface area contributed by atoms with Crippen molar-refractivity contribution < 1.29 is 4.79 Å². The Bertz CT molecular complexity index is 324. The zero-order chi connectivity index (χ0) is 12.5. The van der Waals surface area contributed by atoms with Crippen LogP contribution in [-0.2, 0) is 6.42 Å². The van der Waals surface area contributed by atoms with E-state index in [-0.39, 0.29) is 5.78 Å². The minimum Gasteiger partial charge on any atom is -0.295 e. The summed E-state index contributed by atoms with van der Waals surface area (Å²) in [5.41, 5.74) is 2.17. The highest BCUT2D eigenvalue weighted by atomic mass is 16.1. The summed E-state index contributed by atoms with van der Waals surface area (Å²) >= 11 is 0. The normalized spacial score (nSPS) is 10.5. The SMILES string of the molecule is CCCCCCCCc1ccc(C(C)=O)cc1. The van der Waals surface area contributed by atoms with Crippen molar-refractivity contribution in [2.24, 2.45) is 0 Å². The molecule has 0 aliphatic rings. The van der Waals surface area contributed by atoms with E-state index in [1.165, 1.54) is 44.1 Å². The van der Waals surface area contributed by atoms with Crippen molar-refractivity contribution in [3.05, 3.63) is 35.4 Å². The van der Waals surface area contributed by atoms with Crippen LogP contribution in [0.5, 0.6) is 0 Å². The van der Waals surface area contributed by atoms with Crippen LogP contribution < -0.4 is 0 Å². The molecule has 94 valence electrons. The lowest BCUT2D eigenvalue weighted by Crippen LogP contribution is -1.92. The topological polar surface area (TPSA) is 17.1 Å². The number of benzene rings is 1. The first-order valence-corrected chi connectivity index (χ1v) is 6.84. The fourth-order valence-electron chi connectivity index (χ4n) is 2.02. The summed E-state index contributed by atoms with van der Waals surface area (Å²) in [6, 6.07) is 8.05. The van der Waals surface area contributed by atoms with Gasteiger partial charge in [-0.05, 0) is 25.3 Å². The number of carbonyl (C=O) groups excluding carboxylic acids is 1. The van der Waals surface area contributed by atoms with Gasteiger partial charge in [-0.25, -0.2) is 0 Å². The van der Waals surface area contributed by atoms with E-state index >= 15 is 0 Å². The molecule has 0 aromatic heterocycles. The summed E-state index contributed by atoms with van der Waals surface area (Å²) in [5, 5.41) is 0. The van der Waals surface area contributed by atoms with E-state index in [1.807, 2.05) is 12.1 Å². The fourth-order valence-corrected chi connectivity index (χ4v) is 2.02. The lowest BCUT2D eigenvalue weighted by molar-refractivity contribution is 0.101. The van der Waals surface area contributed by atoms with Crippen molar-refractivity contribution in [2.75, 3.05) is 0 Å². The first-order valence-electron chi connectivity index (χ1n) is 6.84. The maximum Gasteiger partial charge on any atom is 0.159 e. The molecule has 0 radical (unpaired) electrons. The van der Waals surface area contributed by atoms with Crippen molar-refractivity contribution in [1.82, 2.24) is 0 Å². The molecule has 17 heavy (non-hydrogen) atoms. The Morgan fingerprint density at radius 3 is 2.12 bits per heavy atom. The van der Waals surface area contributed by atoms with Gasteiger partial charge >= 0.3 is 0 Å². The number of unbranched alkanes of at least 4 members (excludes halogenated alkanes) is 5. The van der Waals surface area contributed by atoms with E-state index < -0.39 is 0 Å². The van der Waals surface area contributed by atoms with Gasteiger partial charge < -0.3 is 0 Å². The maximum atomic E-state index is 11.1. The van der Waals surface area contributed by atoms with Gasteiger partial charge in [-0.2, -0.15) is 0 Å². The molecule has 1 aromatic rings. The Labute approximate surface area is 105 Å². The molecular formula is C16H24O. The van der Waals surface area contributed by atoms with Crippen molar-refractivity contribution in [2.45, 2.75) is 58.8 Å². The second-order valence-corrected chi connectivity index (χ2v) is 4.77. The molecule has 0 unspecified atom stereocenters. The van der Waals surface area contributed by atoms with Gasteiger partial charge in [-0.1, -0.05) is 63.3 Å². The number of hydrogen-bond acceptors (Lipinski definition) is 1. The number of Topliss-reactive ketones (excluding diaryl/α,β-unsaturated/α-hetero) is 1. The molecule has 0 heterocycles. The highest BCUT2D eigenvalue weighted by Gasteiger charge is 1.99. The summed E-state index contributed by atoms with van der Waals surface area (Å²) in [6.07, 6.45) is 9.15. The van der Waals surface area contributed by atoms with Crippen LogP contribution in [0, 0.1) is 0 Å². The van der Waals surface area contributed by atoms with Crippen LogP contribution in [0.2, 0.25) is 0 Å². The highest BCUT2D eigenvalue weighted by Crippen LogP contribution is 2.11. The molecule has 0 bridgehead atoms. The monoisotopic (exact) mass is 232 g/mol.